The molecule has 2 rings (SSSR count). The summed E-state index contributed by atoms with van der Waals surface area (Å²) in [5.41, 5.74) is 5.16. The van der Waals surface area contributed by atoms with Gasteiger partial charge in [-0.2, -0.15) is 0 Å². The maximum Gasteiger partial charge on any atom is 0.127 e. The van der Waals surface area contributed by atoms with Crippen molar-refractivity contribution in [2.75, 3.05) is 0 Å². The zero-order valence-corrected chi connectivity index (χ0v) is 15.9. The smallest absolute Gasteiger partial charge is 0.127 e. The largest absolute Gasteiger partial charge is 0.507 e. The van der Waals surface area contributed by atoms with Gasteiger partial charge >= 0.3 is 0 Å². The number of allylic oxidation sites excluding steroid dienone is 1. The molecule has 2 nitrogen and oxygen atoms in total. The molecule has 0 aromatic heterocycles. The third kappa shape index (κ3) is 3.19. The summed E-state index contributed by atoms with van der Waals surface area (Å²) >= 11 is 3.68. The van der Waals surface area contributed by atoms with E-state index in [1.807, 2.05) is 20.8 Å². The molecule has 1 N–H and O–H groups in total. The monoisotopic (exact) mass is 366 g/mol. The van der Waals surface area contributed by atoms with Crippen LogP contribution in [0, 0.1) is 20.8 Å². The maximum absolute atomic E-state index is 10.2. The predicted molar refractivity (Wildman–Crippen MR) is 96.4 cm³/mol. The fourth-order valence-corrected chi connectivity index (χ4v) is 3.38. The molecular formula is C19H27BrO2. The molecule has 0 saturated heterocycles. The second-order valence-electron chi connectivity index (χ2n) is 6.94. The second-order valence-corrected chi connectivity index (χ2v) is 8.04. The molecule has 0 radical (unpaired) electrons. The van der Waals surface area contributed by atoms with Crippen molar-refractivity contribution in [1.82, 2.24) is 0 Å². The molecule has 22 heavy (non-hydrogen) atoms. The van der Waals surface area contributed by atoms with E-state index in [0.29, 0.717) is 10.6 Å². The van der Waals surface area contributed by atoms with Crippen LogP contribution in [0.5, 0.6) is 11.5 Å². The molecule has 3 heteroatoms. The van der Waals surface area contributed by atoms with E-state index < -0.39 is 0 Å². The average molecular weight is 367 g/mol. The predicted octanol–water partition coefficient (Wildman–Crippen LogP) is 5.52. The molecule has 0 fully saturated rings. The summed E-state index contributed by atoms with van der Waals surface area (Å²) in [7, 11) is 0. The highest BCUT2D eigenvalue weighted by Gasteiger charge is 2.34. The fourth-order valence-electron chi connectivity index (χ4n) is 3.15. The summed E-state index contributed by atoms with van der Waals surface area (Å²) in [5, 5.41) is 10.2. The molecule has 122 valence electrons. The van der Waals surface area contributed by atoms with Gasteiger partial charge in [0.2, 0.25) is 0 Å². The Bertz CT molecular complexity index is 606. The van der Waals surface area contributed by atoms with Gasteiger partial charge in [-0.15, -0.1) is 0 Å². The van der Waals surface area contributed by atoms with Crippen molar-refractivity contribution in [1.29, 1.82) is 0 Å². The number of fused-ring (bicyclic) bond motifs is 1. The summed E-state index contributed by atoms with van der Waals surface area (Å²) < 4.78 is 6.44. The van der Waals surface area contributed by atoms with Crippen LogP contribution in [0.2, 0.25) is 0 Å². The van der Waals surface area contributed by atoms with Crippen LogP contribution in [0.25, 0.3) is 0 Å². The Morgan fingerprint density at radius 2 is 1.95 bits per heavy atom. The number of halogens is 1. The van der Waals surface area contributed by atoms with Gasteiger partial charge in [-0.25, -0.2) is 0 Å². The van der Waals surface area contributed by atoms with Crippen molar-refractivity contribution in [3.05, 3.63) is 34.4 Å². The van der Waals surface area contributed by atoms with Crippen LogP contribution in [0.3, 0.4) is 0 Å². The third-order valence-electron chi connectivity index (χ3n) is 5.05. The van der Waals surface area contributed by atoms with Gasteiger partial charge < -0.3 is 9.84 Å². The minimum absolute atomic E-state index is 0.144. The van der Waals surface area contributed by atoms with E-state index in [0.717, 1.165) is 53.7 Å². The number of benzene rings is 1. The number of rotatable bonds is 4. The SMILES string of the molecule is C=C(C)C(Br)CCC1(C)CCc2c(C)c(O)c(C)c(C)c2O1. The minimum atomic E-state index is -0.144. The molecule has 1 heterocycles. The van der Waals surface area contributed by atoms with E-state index in [2.05, 4.69) is 36.4 Å². The first-order chi connectivity index (χ1) is 10.2. The first kappa shape index (κ1) is 17.4. The number of hydrogen-bond acceptors (Lipinski definition) is 2. The Labute approximate surface area is 142 Å². The lowest BCUT2D eigenvalue weighted by Crippen LogP contribution is -2.37. The van der Waals surface area contributed by atoms with E-state index in [1.165, 1.54) is 5.56 Å². The number of hydrogen-bond donors (Lipinski definition) is 1. The van der Waals surface area contributed by atoms with Gasteiger partial charge in [0.25, 0.3) is 0 Å². The first-order valence-corrected chi connectivity index (χ1v) is 8.88. The van der Waals surface area contributed by atoms with Crippen LogP contribution in [-0.4, -0.2) is 15.5 Å². The average Bonchev–Trinajstić information content (AvgIpc) is 2.48. The lowest BCUT2D eigenvalue weighted by Gasteiger charge is -2.38. The molecule has 0 saturated carbocycles. The van der Waals surface area contributed by atoms with Crippen LogP contribution >= 0.6 is 15.9 Å². The molecule has 1 aliphatic rings. The number of phenols is 1. The number of alkyl halides is 1. The Morgan fingerprint density at radius 1 is 1.32 bits per heavy atom. The van der Waals surface area contributed by atoms with E-state index in [-0.39, 0.29) is 5.60 Å². The molecule has 0 spiro atoms. The number of aromatic hydroxyl groups is 1. The van der Waals surface area contributed by atoms with Gasteiger partial charge in [0.05, 0.1) is 0 Å². The minimum Gasteiger partial charge on any atom is -0.507 e. The highest BCUT2D eigenvalue weighted by atomic mass is 79.9. The number of phenolic OH excluding ortho intramolecular Hbond substituents is 1. The summed E-state index contributed by atoms with van der Waals surface area (Å²) in [6, 6.07) is 0. The normalized spacial score (nSPS) is 21.9. The first-order valence-electron chi connectivity index (χ1n) is 7.96. The Hall–Kier alpha value is -0.960. The van der Waals surface area contributed by atoms with E-state index >= 15 is 0 Å². The summed E-state index contributed by atoms with van der Waals surface area (Å²) in [5.74, 6) is 1.41. The van der Waals surface area contributed by atoms with Gasteiger partial charge in [-0.3, -0.25) is 0 Å². The van der Waals surface area contributed by atoms with Gasteiger partial charge in [0, 0.05) is 10.4 Å². The highest BCUT2D eigenvalue weighted by molar-refractivity contribution is 9.09. The van der Waals surface area contributed by atoms with Crippen LogP contribution in [0.4, 0.5) is 0 Å². The van der Waals surface area contributed by atoms with E-state index in [9.17, 15) is 5.11 Å². The summed E-state index contributed by atoms with van der Waals surface area (Å²) in [4.78, 5) is 0.346. The second kappa shape index (κ2) is 6.27. The van der Waals surface area contributed by atoms with E-state index in [1.54, 1.807) is 0 Å². The Morgan fingerprint density at radius 3 is 2.55 bits per heavy atom. The Balaban J connectivity index is 2.26. The molecule has 0 aliphatic carbocycles. The zero-order valence-electron chi connectivity index (χ0n) is 14.3. The molecule has 2 unspecified atom stereocenters. The maximum atomic E-state index is 10.2. The van der Waals surface area contributed by atoms with Crippen molar-refractivity contribution < 1.29 is 9.84 Å². The van der Waals surface area contributed by atoms with E-state index in [4.69, 9.17) is 4.74 Å². The van der Waals surface area contributed by atoms with Gasteiger partial charge in [-0.05, 0) is 77.0 Å². The van der Waals surface area contributed by atoms with Crippen LogP contribution in [0.15, 0.2) is 12.2 Å². The molecule has 1 aliphatic heterocycles. The quantitative estimate of drug-likeness (QED) is 0.561. The van der Waals surface area contributed by atoms with Crippen molar-refractivity contribution in [2.24, 2.45) is 0 Å². The van der Waals surface area contributed by atoms with Crippen LogP contribution in [0.1, 0.15) is 55.4 Å². The van der Waals surface area contributed by atoms with Crippen LogP contribution in [-0.2, 0) is 6.42 Å². The van der Waals surface area contributed by atoms with Crippen molar-refractivity contribution >= 4 is 15.9 Å². The van der Waals surface area contributed by atoms with Gasteiger partial charge in [-0.1, -0.05) is 28.1 Å². The highest BCUT2D eigenvalue weighted by Crippen LogP contribution is 2.44. The van der Waals surface area contributed by atoms with Gasteiger partial charge in [0.1, 0.15) is 17.1 Å². The summed E-state index contributed by atoms with van der Waals surface area (Å²) in [6.45, 7) is 14.3. The lowest BCUT2D eigenvalue weighted by atomic mass is 9.84. The molecule has 1 aromatic rings. The standard InChI is InChI=1S/C19H27BrO2/c1-11(2)16(20)8-10-19(6)9-7-15-14(5)17(21)12(3)13(4)18(15)22-19/h16,21H,1,7-10H2,2-6H3. The van der Waals surface area contributed by atoms with Crippen molar-refractivity contribution in [3.8, 4) is 11.5 Å². The topological polar surface area (TPSA) is 29.5 Å². The molecule has 0 amide bonds. The van der Waals surface area contributed by atoms with Crippen molar-refractivity contribution in [3.63, 3.8) is 0 Å². The number of ether oxygens (including phenoxy) is 1. The molecule has 1 aromatic carbocycles. The molecule has 0 bridgehead atoms. The zero-order chi connectivity index (χ0) is 16.7. The Kier molecular flexibility index (Phi) is 4.96. The van der Waals surface area contributed by atoms with Crippen molar-refractivity contribution in [2.45, 2.75) is 70.7 Å². The molecular weight excluding hydrogens is 340 g/mol. The van der Waals surface area contributed by atoms with Gasteiger partial charge in [0.15, 0.2) is 0 Å². The molecule has 2 atom stereocenters. The summed E-state index contributed by atoms with van der Waals surface area (Å²) in [6.07, 6.45) is 3.97. The third-order valence-corrected chi connectivity index (χ3v) is 6.29. The lowest BCUT2D eigenvalue weighted by molar-refractivity contribution is 0.0534. The fraction of sp³-hybridized carbons (Fsp3) is 0.579. The van der Waals surface area contributed by atoms with Crippen LogP contribution < -0.4 is 4.74 Å².